The summed E-state index contributed by atoms with van der Waals surface area (Å²) >= 11 is 0. The van der Waals surface area contributed by atoms with Crippen LogP contribution in [0.1, 0.15) is 31.7 Å². The van der Waals surface area contributed by atoms with E-state index in [-0.39, 0.29) is 35.9 Å². The zero-order valence-electron chi connectivity index (χ0n) is 15.4. The zero-order chi connectivity index (χ0) is 17.4. The highest BCUT2D eigenvalue weighted by atomic mass is 127. The number of likely N-dealkylation sites (tertiary alicyclic amines) is 1. The summed E-state index contributed by atoms with van der Waals surface area (Å²) in [7, 11) is 1.78. The number of carbonyl (C=O) groups is 1. The van der Waals surface area contributed by atoms with Crippen LogP contribution >= 0.6 is 24.0 Å². The topological polar surface area (TPSA) is 71.8 Å². The number of carbonyl (C=O) groups excluding carboxylic acids is 1. The van der Waals surface area contributed by atoms with E-state index in [0.717, 1.165) is 44.9 Å². The number of rotatable bonds is 6. The average Bonchev–Trinajstić information content (AvgIpc) is 3.00. The summed E-state index contributed by atoms with van der Waals surface area (Å²) in [6.07, 6.45) is 6.76. The van der Waals surface area contributed by atoms with Gasteiger partial charge in [0.2, 0.25) is 0 Å². The zero-order valence-corrected chi connectivity index (χ0v) is 17.7. The van der Waals surface area contributed by atoms with Crippen molar-refractivity contribution >= 4 is 35.9 Å². The van der Waals surface area contributed by atoms with Crippen LogP contribution in [0.4, 0.5) is 0 Å². The van der Waals surface area contributed by atoms with Crippen LogP contribution in [-0.4, -0.2) is 59.9 Å². The molecule has 2 rings (SSSR count). The molecule has 1 saturated heterocycles. The highest BCUT2D eigenvalue weighted by Gasteiger charge is 2.28. The minimum atomic E-state index is -0.0910. The van der Waals surface area contributed by atoms with Crippen molar-refractivity contribution in [3.05, 3.63) is 18.0 Å². The van der Waals surface area contributed by atoms with Crippen LogP contribution in [0.25, 0.3) is 0 Å². The number of aliphatic imine (C=N–C) groups is 1. The Bertz CT molecular complexity index is 561. The van der Waals surface area contributed by atoms with Crippen LogP contribution < -0.4 is 5.32 Å². The first-order valence-corrected chi connectivity index (χ1v) is 8.75. The smallest absolute Gasteiger partial charge is 0.310 e. The fraction of sp³-hybridized carbons (Fsp3) is 0.706. The second-order valence-corrected chi connectivity index (χ2v) is 6.15. The molecule has 7 nitrogen and oxygen atoms in total. The molecule has 0 spiro atoms. The predicted molar refractivity (Wildman–Crippen MR) is 109 cm³/mol. The standard InChI is InChI=1S/C17H29N5O2.HI/c1-4-24-16(23)15-7-5-9-21(13-15)17(18-3)19-8-6-10-22-12-14(2)11-20-22;/h11-12,15H,4-10,13H2,1-3H3,(H,18,19);1H. The Balaban J connectivity index is 0.00000312. The van der Waals surface area contributed by atoms with Gasteiger partial charge in [0.15, 0.2) is 5.96 Å². The summed E-state index contributed by atoms with van der Waals surface area (Å²) in [4.78, 5) is 18.5. The molecule has 25 heavy (non-hydrogen) atoms. The molecule has 0 aromatic carbocycles. The van der Waals surface area contributed by atoms with Crippen molar-refractivity contribution in [3.8, 4) is 0 Å². The van der Waals surface area contributed by atoms with Crippen molar-refractivity contribution in [3.63, 3.8) is 0 Å². The molecule has 1 fully saturated rings. The predicted octanol–water partition coefficient (Wildman–Crippen LogP) is 2.05. The number of esters is 1. The van der Waals surface area contributed by atoms with Gasteiger partial charge in [-0.3, -0.25) is 14.5 Å². The van der Waals surface area contributed by atoms with E-state index in [9.17, 15) is 4.79 Å². The minimum Gasteiger partial charge on any atom is -0.466 e. The van der Waals surface area contributed by atoms with Crippen LogP contribution in [0.2, 0.25) is 0 Å². The largest absolute Gasteiger partial charge is 0.466 e. The first-order chi connectivity index (χ1) is 11.6. The van der Waals surface area contributed by atoms with Gasteiger partial charge in [0.25, 0.3) is 0 Å². The van der Waals surface area contributed by atoms with Gasteiger partial charge in [-0.05, 0) is 38.7 Å². The van der Waals surface area contributed by atoms with Gasteiger partial charge in [0, 0.05) is 39.4 Å². The van der Waals surface area contributed by atoms with E-state index in [1.54, 1.807) is 7.05 Å². The van der Waals surface area contributed by atoms with Crippen molar-refractivity contribution in [1.29, 1.82) is 0 Å². The Kier molecular flexibility index (Phi) is 9.84. The van der Waals surface area contributed by atoms with Crippen LogP contribution in [0.15, 0.2) is 17.4 Å². The van der Waals surface area contributed by atoms with E-state index in [4.69, 9.17) is 4.74 Å². The van der Waals surface area contributed by atoms with Gasteiger partial charge in [-0.15, -0.1) is 24.0 Å². The number of hydrogen-bond acceptors (Lipinski definition) is 4. The third-order valence-electron chi connectivity index (χ3n) is 4.16. The van der Waals surface area contributed by atoms with E-state index < -0.39 is 0 Å². The SMILES string of the molecule is CCOC(=O)C1CCCN(C(=NC)NCCCn2cc(C)cn2)C1.I. The monoisotopic (exact) mass is 463 g/mol. The molecule has 8 heteroatoms. The van der Waals surface area contributed by atoms with Crippen molar-refractivity contribution in [2.45, 2.75) is 39.7 Å². The molecular weight excluding hydrogens is 433 g/mol. The van der Waals surface area contributed by atoms with Crippen molar-refractivity contribution in [1.82, 2.24) is 20.0 Å². The molecule has 1 aliphatic rings. The molecule has 1 unspecified atom stereocenters. The second kappa shape index (κ2) is 11.3. The van der Waals surface area contributed by atoms with Crippen molar-refractivity contribution < 1.29 is 9.53 Å². The highest BCUT2D eigenvalue weighted by Crippen LogP contribution is 2.18. The highest BCUT2D eigenvalue weighted by molar-refractivity contribution is 14.0. The molecular formula is C17H30IN5O2. The number of piperidine rings is 1. The van der Waals surface area contributed by atoms with E-state index >= 15 is 0 Å². The molecule has 0 amide bonds. The lowest BCUT2D eigenvalue weighted by Crippen LogP contribution is -2.48. The number of guanidine groups is 1. The summed E-state index contributed by atoms with van der Waals surface area (Å²) in [5, 5.41) is 7.68. The summed E-state index contributed by atoms with van der Waals surface area (Å²) in [6.45, 7) is 7.63. The maximum atomic E-state index is 12.0. The quantitative estimate of drug-likeness (QED) is 0.230. The molecule has 142 valence electrons. The maximum Gasteiger partial charge on any atom is 0.310 e. The van der Waals surface area contributed by atoms with Crippen LogP contribution in [0, 0.1) is 12.8 Å². The molecule has 2 heterocycles. The number of nitrogens with zero attached hydrogens (tertiary/aromatic N) is 4. The number of halogens is 1. The van der Waals surface area contributed by atoms with Crippen LogP contribution in [-0.2, 0) is 16.1 Å². The first-order valence-electron chi connectivity index (χ1n) is 8.75. The summed E-state index contributed by atoms with van der Waals surface area (Å²) in [5.41, 5.74) is 1.18. The van der Waals surface area contributed by atoms with Crippen molar-refractivity contribution in [2.24, 2.45) is 10.9 Å². The summed E-state index contributed by atoms with van der Waals surface area (Å²) < 4.78 is 7.11. The normalized spacial score (nSPS) is 17.8. The van der Waals surface area contributed by atoms with Gasteiger partial charge in [-0.2, -0.15) is 5.10 Å². The van der Waals surface area contributed by atoms with Gasteiger partial charge >= 0.3 is 5.97 Å². The lowest BCUT2D eigenvalue weighted by atomic mass is 9.98. The Morgan fingerprint density at radius 1 is 1.52 bits per heavy atom. The Morgan fingerprint density at radius 2 is 2.32 bits per heavy atom. The van der Waals surface area contributed by atoms with Gasteiger partial charge in [0.05, 0.1) is 18.7 Å². The number of hydrogen-bond donors (Lipinski definition) is 1. The fourth-order valence-electron chi connectivity index (χ4n) is 2.98. The lowest BCUT2D eigenvalue weighted by molar-refractivity contribution is -0.149. The third kappa shape index (κ3) is 6.83. The molecule has 0 radical (unpaired) electrons. The van der Waals surface area contributed by atoms with E-state index in [1.807, 2.05) is 30.9 Å². The van der Waals surface area contributed by atoms with Crippen molar-refractivity contribution in [2.75, 3.05) is 33.3 Å². The third-order valence-corrected chi connectivity index (χ3v) is 4.16. The van der Waals surface area contributed by atoms with Gasteiger partial charge < -0.3 is 15.0 Å². The molecule has 1 aromatic rings. The molecule has 0 aliphatic carbocycles. The van der Waals surface area contributed by atoms with E-state index in [1.165, 1.54) is 5.56 Å². The fourth-order valence-corrected chi connectivity index (χ4v) is 2.98. The Hall–Kier alpha value is -1.32. The minimum absolute atomic E-state index is 0. The van der Waals surface area contributed by atoms with Gasteiger partial charge in [-0.25, -0.2) is 0 Å². The molecule has 1 atom stereocenters. The second-order valence-electron chi connectivity index (χ2n) is 6.15. The van der Waals surface area contributed by atoms with E-state index in [2.05, 4.69) is 20.3 Å². The summed E-state index contributed by atoms with van der Waals surface area (Å²) in [6, 6.07) is 0. The molecule has 0 saturated carbocycles. The van der Waals surface area contributed by atoms with Gasteiger partial charge in [-0.1, -0.05) is 0 Å². The molecule has 0 bridgehead atoms. The van der Waals surface area contributed by atoms with Crippen LogP contribution in [0.5, 0.6) is 0 Å². The summed E-state index contributed by atoms with van der Waals surface area (Å²) in [5.74, 6) is 0.719. The number of nitrogens with one attached hydrogen (secondary N) is 1. The molecule has 1 N–H and O–H groups in total. The number of ether oxygens (including phenoxy) is 1. The molecule has 1 aromatic heterocycles. The molecule has 1 aliphatic heterocycles. The lowest BCUT2D eigenvalue weighted by Gasteiger charge is -2.33. The average molecular weight is 463 g/mol. The Morgan fingerprint density at radius 3 is 2.96 bits per heavy atom. The van der Waals surface area contributed by atoms with Gasteiger partial charge in [0.1, 0.15) is 0 Å². The van der Waals surface area contributed by atoms with E-state index in [0.29, 0.717) is 13.2 Å². The number of aromatic nitrogens is 2. The first kappa shape index (κ1) is 21.7. The Labute approximate surface area is 167 Å². The van der Waals surface area contributed by atoms with Crippen LogP contribution in [0.3, 0.4) is 0 Å². The maximum absolute atomic E-state index is 12.0. The number of aryl methyl sites for hydroxylation is 2.